The van der Waals surface area contributed by atoms with E-state index in [9.17, 15) is 4.79 Å². The number of nitrogens with zero attached hydrogens (tertiary/aromatic N) is 2. The van der Waals surface area contributed by atoms with Gasteiger partial charge in [-0.25, -0.2) is 4.98 Å². The van der Waals surface area contributed by atoms with Crippen LogP contribution in [-0.2, 0) is 11.2 Å². The van der Waals surface area contributed by atoms with Crippen LogP contribution in [0, 0.1) is 19.8 Å². The number of imidazole rings is 1. The van der Waals surface area contributed by atoms with Gasteiger partial charge in [0, 0.05) is 24.1 Å². The molecule has 0 aliphatic heterocycles. The maximum Gasteiger partial charge on any atom is 0.141 e. The van der Waals surface area contributed by atoms with Crippen molar-refractivity contribution in [2.45, 2.75) is 46.0 Å². The van der Waals surface area contributed by atoms with Crippen LogP contribution >= 0.6 is 0 Å². The second kappa shape index (κ2) is 6.47. The van der Waals surface area contributed by atoms with E-state index in [4.69, 9.17) is 4.98 Å². The van der Waals surface area contributed by atoms with E-state index >= 15 is 0 Å². The van der Waals surface area contributed by atoms with Crippen molar-refractivity contribution < 1.29 is 4.79 Å². The van der Waals surface area contributed by atoms with Gasteiger partial charge < -0.3 is 4.40 Å². The van der Waals surface area contributed by atoms with Crippen molar-refractivity contribution in [3.8, 4) is 11.3 Å². The van der Waals surface area contributed by atoms with Gasteiger partial charge in [-0.1, -0.05) is 37.1 Å². The van der Waals surface area contributed by atoms with Crippen molar-refractivity contribution in [2.24, 2.45) is 5.92 Å². The zero-order chi connectivity index (χ0) is 17.4. The first-order chi connectivity index (χ1) is 12.1. The molecule has 128 valence electrons. The summed E-state index contributed by atoms with van der Waals surface area (Å²) in [6.45, 7) is 4.26. The summed E-state index contributed by atoms with van der Waals surface area (Å²) in [6, 6.07) is 12.3. The molecule has 2 heterocycles. The minimum absolute atomic E-state index is 0.237. The number of hydrogen-bond donors (Lipinski definition) is 0. The lowest BCUT2D eigenvalue weighted by atomic mass is 9.95. The van der Waals surface area contributed by atoms with Crippen molar-refractivity contribution in [1.29, 1.82) is 0 Å². The van der Waals surface area contributed by atoms with Crippen molar-refractivity contribution >= 4 is 11.4 Å². The van der Waals surface area contributed by atoms with Crippen molar-refractivity contribution in [2.75, 3.05) is 0 Å². The Bertz CT molecular complexity index is 932. The third kappa shape index (κ3) is 2.88. The van der Waals surface area contributed by atoms with E-state index in [0.717, 1.165) is 35.4 Å². The number of fused-ring (bicyclic) bond motifs is 1. The van der Waals surface area contributed by atoms with E-state index in [-0.39, 0.29) is 5.92 Å². The maximum atomic E-state index is 12.9. The molecule has 4 rings (SSSR count). The number of carbonyl (C=O) groups excluding carboxylic acids is 1. The molecule has 0 spiro atoms. The summed E-state index contributed by atoms with van der Waals surface area (Å²) in [5.74, 6) is 0.607. The first-order valence-electron chi connectivity index (χ1n) is 9.20. The van der Waals surface area contributed by atoms with Crippen LogP contribution in [-0.4, -0.2) is 15.2 Å². The summed E-state index contributed by atoms with van der Waals surface area (Å²) in [4.78, 5) is 17.7. The summed E-state index contributed by atoms with van der Waals surface area (Å²) in [5.41, 5.74) is 6.52. The summed E-state index contributed by atoms with van der Waals surface area (Å²) in [5, 5.41) is 0. The predicted molar refractivity (Wildman–Crippen MR) is 101 cm³/mol. The summed E-state index contributed by atoms with van der Waals surface area (Å²) < 4.78 is 2.09. The molecule has 0 N–H and O–H groups in total. The quantitative estimate of drug-likeness (QED) is 0.679. The van der Waals surface area contributed by atoms with Gasteiger partial charge in [0.05, 0.1) is 11.4 Å². The van der Waals surface area contributed by atoms with E-state index in [1.54, 1.807) is 0 Å². The lowest BCUT2D eigenvalue weighted by molar-refractivity contribution is -0.122. The van der Waals surface area contributed by atoms with Gasteiger partial charge >= 0.3 is 0 Å². The SMILES string of the molecule is Cc1cccc(-c2nc3ccccn3c2CC(=O)C2CCCC2)c1C. The van der Waals surface area contributed by atoms with Gasteiger partial charge in [-0.3, -0.25) is 4.79 Å². The van der Waals surface area contributed by atoms with Crippen LogP contribution in [0.25, 0.3) is 16.9 Å². The number of rotatable bonds is 4. The van der Waals surface area contributed by atoms with Gasteiger partial charge in [-0.15, -0.1) is 0 Å². The van der Waals surface area contributed by atoms with E-state index in [2.05, 4.69) is 36.4 Å². The molecule has 3 heteroatoms. The average molecular weight is 332 g/mol. The second-order valence-corrected chi connectivity index (χ2v) is 7.21. The molecule has 0 radical (unpaired) electrons. The van der Waals surface area contributed by atoms with E-state index in [0.29, 0.717) is 12.2 Å². The Kier molecular flexibility index (Phi) is 4.16. The fourth-order valence-corrected chi connectivity index (χ4v) is 4.00. The fraction of sp³-hybridized carbons (Fsp3) is 0.364. The molecule has 1 aliphatic rings. The number of carbonyl (C=O) groups is 1. The zero-order valence-corrected chi connectivity index (χ0v) is 15.0. The molecule has 3 nitrogen and oxygen atoms in total. The molecule has 0 unspecified atom stereocenters. The smallest absolute Gasteiger partial charge is 0.141 e. The molecule has 0 amide bonds. The Labute approximate surface area is 148 Å². The standard InChI is InChI=1S/C22H24N2O/c1-15-8-7-11-18(16(15)2)22-19(14-20(25)17-9-3-4-10-17)24-13-6-5-12-21(24)23-22/h5-8,11-13,17H,3-4,9-10,14H2,1-2H3. The Morgan fingerprint density at radius 2 is 1.92 bits per heavy atom. The normalized spacial score (nSPS) is 15.1. The Morgan fingerprint density at radius 3 is 2.72 bits per heavy atom. The predicted octanol–water partition coefficient (Wildman–Crippen LogP) is 4.92. The number of hydrogen-bond acceptors (Lipinski definition) is 2. The van der Waals surface area contributed by atoms with E-state index < -0.39 is 0 Å². The molecule has 2 aromatic heterocycles. The minimum atomic E-state index is 0.237. The highest BCUT2D eigenvalue weighted by molar-refractivity contribution is 5.86. The highest BCUT2D eigenvalue weighted by Gasteiger charge is 2.25. The number of benzene rings is 1. The van der Waals surface area contributed by atoms with Crippen molar-refractivity contribution in [3.05, 3.63) is 59.4 Å². The van der Waals surface area contributed by atoms with Crippen LogP contribution < -0.4 is 0 Å². The molecular formula is C22H24N2O. The average Bonchev–Trinajstić information content (AvgIpc) is 3.26. The van der Waals surface area contributed by atoms with Gasteiger partial charge in [-0.05, 0) is 49.9 Å². The summed E-state index contributed by atoms with van der Waals surface area (Å²) in [6.07, 6.45) is 6.97. The van der Waals surface area contributed by atoms with E-state index in [1.165, 1.54) is 24.0 Å². The molecular weight excluding hydrogens is 308 g/mol. The molecule has 25 heavy (non-hydrogen) atoms. The highest BCUT2D eigenvalue weighted by atomic mass is 16.1. The first-order valence-corrected chi connectivity index (χ1v) is 9.20. The topological polar surface area (TPSA) is 34.4 Å². The molecule has 0 atom stereocenters. The molecule has 1 aromatic carbocycles. The van der Waals surface area contributed by atoms with Crippen LogP contribution in [0.15, 0.2) is 42.6 Å². The van der Waals surface area contributed by atoms with Crippen molar-refractivity contribution in [3.63, 3.8) is 0 Å². The number of aryl methyl sites for hydroxylation is 1. The number of aromatic nitrogens is 2. The molecule has 1 saturated carbocycles. The van der Waals surface area contributed by atoms with Gasteiger partial charge in [0.25, 0.3) is 0 Å². The number of ketones is 1. The van der Waals surface area contributed by atoms with Gasteiger partial charge in [-0.2, -0.15) is 0 Å². The van der Waals surface area contributed by atoms with E-state index in [1.807, 2.05) is 24.4 Å². The number of Topliss-reactive ketones (excluding diaryl/α,β-unsaturated/α-hetero) is 1. The minimum Gasteiger partial charge on any atom is -0.303 e. The molecule has 1 fully saturated rings. The molecule has 1 aliphatic carbocycles. The van der Waals surface area contributed by atoms with Crippen molar-refractivity contribution in [1.82, 2.24) is 9.38 Å². The van der Waals surface area contributed by atoms with Crippen LogP contribution in [0.4, 0.5) is 0 Å². The van der Waals surface area contributed by atoms with Crippen LogP contribution in [0.5, 0.6) is 0 Å². The monoisotopic (exact) mass is 332 g/mol. The molecule has 0 bridgehead atoms. The maximum absolute atomic E-state index is 12.9. The van der Waals surface area contributed by atoms with Gasteiger partial charge in [0.1, 0.15) is 11.4 Å². The van der Waals surface area contributed by atoms with Gasteiger partial charge in [0.15, 0.2) is 0 Å². The third-order valence-corrected chi connectivity index (χ3v) is 5.64. The Balaban J connectivity index is 1.83. The fourth-order valence-electron chi connectivity index (χ4n) is 4.00. The first kappa shape index (κ1) is 16.1. The molecule has 0 saturated heterocycles. The van der Waals surface area contributed by atoms with Crippen LogP contribution in [0.3, 0.4) is 0 Å². The summed E-state index contributed by atoms with van der Waals surface area (Å²) >= 11 is 0. The lowest BCUT2D eigenvalue weighted by Crippen LogP contribution is -2.15. The number of pyridine rings is 1. The second-order valence-electron chi connectivity index (χ2n) is 7.21. The van der Waals surface area contributed by atoms with Crippen LogP contribution in [0.1, 0.15) is 42.5 Å². The highest BCUT2D eigenvalue weighted by Crippen LogP contribution is 2.32. The zero-order valence-electron chi connectivity index (χ0n) is 15.0. The van der Waals surface area contributed by atoms with Crippen LogP contribution in [0.2, 0.25) is 0 Å². The Morgan fingerprint density at radius 1 is 1.12 bits per heavy atom. The third-order valence-electron chi connectivity index (χ3n) is 5.64. The summed E-state index contributed by atoms with van der Waals surface area (Å²) in [7, 11) is 0. The Hall–Kier alpha value is -2.42. The lowest BCUT2D eigenvalue weighted by Gasteiger charge is -2.11. The molecule has 3 aromatic rings. The van der Waals surface area contributed by atoms with Gasteiger partial charge in [0.2, 0.25) is 0 Å². The largest absolute Gasteiger partial charge is 0.303 e.